The van der Waals surface area contributed by atoms with Gasteiger partial charge in [-0.15, -0.1) is 0 Å². The average molecular weight is 323 g/mol. The van der Waals surface area contributed by atoms with Crippen LogP contribution in [-0.2, 0) is 0 Å². The molecule has 0 spiro atoms. The van der Waals surface area contributed by atoms with Crippen molar-refractivity contribution in [3.05, 3.63) is 21.2 Å². The van der Waals surface area contributed by atoms with Crippen LogP contribution in [0.4, 0.5) is 5.82 Å². The van der Waals surface area contributed by atoms with Crippen molar-refractivity contribution >= 4 is 37.7 Å². The molecule has 1 unspecified atom stereocenters. The molecule has 0 fully saturated rings. The Labute approximate surface area is 101 Å². The molecule has 0 aromatic carbocycles. The van der Waals surface area contributed by atoms with Gasteiger partial charge in [-0.2, -0.15) is 0 Å². The molecule has 0 amide bonds. The average Bonchev–Trinajstić information content (AvgIpc) is 2.08. The third-order valence-corrected chi connectivity index (χ3v) is 2.74. The van der Waals surface area contributed by atoms with Gasteiger partial charge in [-0.1, -0.05) is 0 Å². The van der Waals surface area contributed by atoms with E-state index in [2.05, 4.69) is 42.2 Å². The van der Waals surface area contributed by atoms with Crippen LogP contribution >= 0.6 is 31.9 Å². The molecule has 0 bridgehead atoms. The summed E-state index contributed by atoms with van der Waals surface area (Å²) in [4.78, 5) is 4.23. The van der Waals surface area contributed by atoms with Crippen LogP contribution in [0, 0.1) is 0 Å². The van der Waals surface area contributed by atoms with Crippen molar-refractivity contribution in [1.29, 1.82) is 0 Å². The van der Waals surface area contributed by atoms with Gasteiger partial charge in [-0.25, -0.2) is 4.98 Å². The summed E-state index contributed by atoms with van der Waals surface area (Å²) >= 11 is 6.78. The molecule has 1 aromatic heterocycles. The number of hydrogen-bond acceptors (Lipinski definition) is 3. The van der Waals surface area contributed by atoms with Crippen LogP contribution in [0.5, 0.6) is 0 Å². The van der Waals surface area contributed by atoms with Crippen LogP contribution in [0.2, 0.25) is 0 Å². The summed E-state index contributed by atoms with van der Waals surface area (Å²) in [7, 11) is 0. The number of rotatable bonds is 4. The van der Waals surface area contributed by atoms with Crippen LogP contribution in [0.25, 0.3) is 0 Å². The quantitative estimate of drug-likeness (QED) is 0.896. The van der Waals surface area contributed by atoms with Crippen molar-refractivity contribution in [2.75, 3.05) is 11.9 Å². The molecule has 0 aliphatic heterocycles. The van der Waals surface area contributed by atoms with Crippen LogP contribution in [-0.4, -0.2) is 17.6 Å². The maximum Gasteiger partial charge on any atom is 0.140 e. The summed E-state index contributed by atoms with van der Waals surface area (Å²) < 4.78 is 1.92. The minimum Gasteiger partial charge on any atom is -0.369 e. The molecule has 0 saturated carbocycles. The Morgan fingerprint density at radius 2 is 2.29 bits per heavy atom. The Morgan fingerprint density at radius 3 is 2.86 bits per heavy atom. The number of nitrogens with one attached hydrogen (secondary N) is 1. The van der Waals surface area contributed by atoms with E-state index in [1.807, 2.05) is 13.0 Å². The molecule has 1 rings (SSSR count). The monoisotopic (exact) mass is 321 g/mol. The summed E-state index contributed by atoms with van der Waals surface area (Å²) in [6, 6.07) is 2.18. The molecule has 1 aromatic rings. The highest BCUT2D eigenvalue weighted by molar-refractivity contribution is 9.11. The van der Waals surface area contributed by atoms with Crippen molar-refractivity contribution in [3.63, 3.8) is 0 Å². The van der Waals surface area contributed by atoms with Crippen LogP contribution < -0.4 is 11.1 Å². The summed E-state index contributed by atoms with van der Waals surface area (Å²) in [5.74, 6) is 0.855. The minimum absolute atomic E-state index is 0.219. The highest BCUT2D eigenvalue weighted by Crippen LogP contribution is 2.23. The highest BCUT2D eigenvalue weighted by atomic mass is 79.9. The number of nitrogens with two attached hydrogens (primary N) is 1. The molecule has 78 valence electrons. The fourth-order valence-corrected chi connectivity index (χ4v) is 2.09. The highest BCUT2D eigenvalue weighted by Gasteiger charge is 2.01. The zero-order chi connectivity index (χ0) is 10.6. The lowest BCUT2D eigenvalue weighted by Crippen LogP contribution is -2.19. The van der Waals surface area contributed by atoms with Crippen molar-refractivity contribution in [3.8, 4) is 0 Å². The molecule has 0 aliphatic carbocycles. The Bertz CT molecular complexity index is 302. The number of hydrogen-bond donors (Lipinski definition) is 2. The van der Waals surface area contributed by atoms with Gasteiger partial charge < -0.3 is 11.1 Å². The van der Waals surface area contributed by atoms with Crippen molar-refractivity contribution in [2.24, 2.45) is 5.73 Å². The van der Waals surface area contributed by atoms with E-state index in [0.717, 1.165) is 27.7 Å². The second kappa shape index (κ2) is 5.68. The van der Waals surface area contributed by atoms with Gasteiger partial charge in [0.25, 0.3) is 0 Å². The Kier molecular flexibility index (Phi) is 4.84. The zero-order valence-corrected chi connectivity index (χ0v) is 11.1. The fourth-order valence-electron chi connectivity index (χ4n) is 0.963. The predicted molar refractivity (Wildman–Crippen MR) is 66.4 cm³/mol. The zero-order valence-electron chi connectivity index (χ0n) is 7.93. The van der Waals surface area contributed by atoms with Crippen LogP contribution in [0.15, 0.2) is 21.2 Å². The molecular weight excluding hydrogens is 310 g/mol. The molecule has 1 atom stereocenters. The normalized spacial score (nSPS) is 12.6. The topological polar surface area (TPSA) is 50.9 Å². The first-order valence-corrected chi connectivity index (χ1v) is 5.98. The molecule has 3 nitrogen and oxygen atoms in total. The molecule has 3 N–H and O–H groups in total. The van der Waals surface area contributed by atoms with E-state index in [9.17, 15) is 0 Å². The molecule has 1 heterocycles. The lowest BCUT2D eigenvalue weighted by Gasteiger charge is -2.09. The van der Waals surface area contributed by atoms with Gasteiger partial charge in [-0.3, -0.25) is 0 Å². The summed E-state index contributed by atoms with van der Waals surface area (Å²) in [5, 5.41) is 3.21. The van der Waals surface area contributed by atoms with Gasteiger partial charge in [0.05, 0.1) is 4.47 Å². The van der Waals surface area contributed by atoms with Crippen molar-refractivity contribution in [2.45, 2.75) is 19.4 Å². The SMILES string of the molecule is CC(N)CCNc1ncc(Br)cc1Br. The van der Waals surface area contributed by atoms with E-state index in [4.69, 9.17) is 5.73 Å². The number of aromatic nitrogens is 1. The minimum atomic E-state index is 0.219. The molecule has 0 saturated heterocycles. The van der Waals surface area contributed by atoms with E-state index < -0.39 is 0 Å². The third kappa shape index (κ3) is 3.94. The van der Waals surface area contributed by atoms with E-state index in [1.54, 1.807) is 6.20 Å². The van der Waals surface area contributed by atoms with Gasteiger partial charge in [0.15, 0.2) is 0 Å². The second-order valence-corrected chi connectivity index (χ2v) is 4.95. The van der Waals surface area contributed by atoms with Gasteiger partial charge >= 0.3 is 0 Å². The van der Waals surface area contributed by atoms with E-state index in [0.29, 0.717) is 0 Å². The first-order chi connectivity index (χ1) is 6.59. The van der Waals surface area contributed by atoms with Gasteiger partial charge in [0, 0.05) is 23.3 Å². The second-order valence-electron chi connectivity index (χ2n) is 3.18. The first kappa shape index (κ1) is 11.9. The number of nitrogens with zero attached hydrogens (tertiary/aromatic N) is 1. The maximum atomic E-state index is 5.64. The Morgan fingerprint density at radius 1 is 1.57 bits per heavy atom. The van der Waals surface area contributed by atoms with E-state index >= 15 is 0 Å². The van der Waals surface area contributed by atoms with Gasteiger partial charge in [-0.05, 0) is 51.3 Å². The third-order valence-electron chi connectivity index (χ3n) is 1.70. The van der Waals surface area contributed by atoms with Gasteiger partial charge in [0.2, 0.25) is 0 Å². The molecule has 14 heavy (non-hydrogen) atoms. The van der Waals surface area contributed by atoms with Crippen molar-refractivity contribution in [1.82, 2.24) is 4.98 Å². The largest absolute Gasteiger partial charge is 0.369 e. The lowest BCUT2D eigenvalue weighted by molar-refractivity contribution is 0.689. The Balaban J connectivity index is 2.51. The summed E-state index contributed by atoms with van der Waals surface area (Å²) in [6.45, 7) is 2.83. The predicted octanol–water partition coefficient (Wildman–Crippen LogP) is 2.76. The lowest BCUT2D eigenvalue weighted by atomic mass is 10.2. The Hall–Kier alpha value is -0.130. The van der Waals surface area contributed by atoms with Crippen molar-refractivity contribution < 1.29 is 0 Å². The number of pyridine rings is 1. The first-order valence-electron chi connectivity index (χ1n) is 4.40. The summed E-state index contributed by atoms with van der Waals surface area (Å²) in [6.07, 6.45) is 2.70. The molecular formula is C9H13Br2N3. The molecule has 0 aliphatic rings. The molecule has 0 radical (unpaired) electrons. The number of halogens is 2. The van der Waals surface area contributed by atoms with E-state index in [-0.39, 0.29) is 6.04 Å². The standard InChI is InChI=1S/C9H13Br2N3/c1-6(12)2-3-13-9-8(11)4-7(10)5-14-9/h4-6H,2-3,12H2,1H3,(H,13,14). The smallest absolute Gasteiger partial charge is 0.140 e. The molecule has 5 heteroatoms. The summed E-state index contributed by atoms with van der Waals surface area (Å²) in [5.41, 5.74) is 5.64. The van der Waals surface area contributed by atoms with Crippen LogP contribution in [0.1, 0.15) is 13.3 Å². The maximum absolute atomic E-state index is 5.64. The van der Waals surface area contributed by atoms with Gasteiger partial charge in [0.1, 0.15) is 5.82 Å². The fraction of sp³-hybridized carbons (Fsp3) is 0.444. The number of anilines is 1. The van der Waals surface area contributed by atoms with E-state index in [1.165, 1.54) is 0 Å². The van der Waals surface area contributed by atoms with Crippen LogP contribution in [0.3, 0.4) is 0 Å².